The smallest absolute Gasteiger partial charge is 0.341 e. The maximum absolute atomic E-state index is 12.1. The van der Waals surface area contributed by atoms with Crippen molar-refractivity contribution in [3.63, 3.8) is 0 Å². The van der Waals surface area contributed by atoms with E-state index in [0.29, 0.717) is 0 Å². The van der Waals surface area contributed by atoms with Crippen LogP contribution in [0.2, 0.25) is 0 Å². The average Bonchev–Trinajstić information content (AvgIpc) is 2.40. The van der Waals surface area contributed by atoms with Crippen molar-refractivity contribution in [2.45, 2.75) is 13.5 Å². The highest BCUT2D eigenvalue weighted by Crippen LogP contribution is 2.40. The molecule has 0 bridgehead atoms. The van der Waals surface area contributed by atoms with Crippen LogP contribution in [-0.4, -0.2) is 30.8 Å². The zero-order valence-corrected chi connectivity index (χ0v) is 10.7. The molecular weight excluding hydrogens is 284 g/mol. The zero-order valence-electron chi connectivity index (χ0n) is 10.7. The second kappa shape index (κ2) is 4.78. The van der Waals surface area contributed by atoms with Gasteiger partial charge in [-0.25, -0.2) is 4.79 Å². The minimum Gasteiger partial charge on any atom is -0.504 e. The van der Waals surface area contributed by atoms with Crippen LogP contribution in [0.25, 0.3) is 10.9 Å². The lowest BCUT2D eigenvalue weighted by atomic mass is 10.1. The van der Waals surface area contributed by atoms with Crippen molar-refractivity contribution in [2.24, 2.45) is 0 Å². The lowest BCUT2D eigenvalue weighted by Gasteiger charge is -2.11. The maximum atomic E-state index is 12.1. The number of carbonyl (C=O) groups is 1. The van der Waals surface area contributed by atoms with Crippen molar-refractivity contribution in [3.8, 4) is 11.5 Å². The van der Waals surface area contributed by atoms with Gasteiger partial charge >= 0.3 is 11.7 Å². The van der Waals surface area contributed by atoms with E-state index in [2.05, 4.69) is 0 Å². The lowest BCUT2D eigenvalue weighted by molar-refractivity contribution is -0.384. The van der Waals surface area contributed by atoms with E-state index in [4.69, 9.17) is 5.11 Å². The molecule has 0 spiro atoms. The van der Waals surface area contributed by atoms with Crippen molar-refractivity contribution in [1.29, 1.82) is 0 Å². The molecule has 0 atom stereocenters. The van der Waals surface area contributed by atoms with E-state index in [9.17, 15) is 29.9 Å². The van der Waals surface area contributed by atoms with Crippen molar-refractivity contribution in [1.82, 2.24) is 4.57 Å². The molecule has 0 aliphatic carbocycles. The molecule has 0 amide bonds. The van der Waals surface area contributed by atoms with E-state index < -0.39 is 44.5 Å². The Morgan fingerprint density at radius 3 is 2.52 bits per heavy atom. The molecule has 0 saturated heterocycles. The minimum atomic E-state index is -1.54. The molecule has 1 aromatic heterocycles. The first kappa shape index (κ1) is 14.3. The molecule has 9 heteroatoms. The summed E-state index contributed by atoms with van der Waals surface area (Å²) in [4.78, 5) is 33.2. The summed E-state index contributed by atoms with van der Waals surface area (Å²) < 4.78 is 1.27. The van der Waals surface area contributed by atoms with Crippen molar-refractivity contribution >= 4 is 22.6 Å². The van der Waals surface area contributed by atoms with E-state index in [0.717, 1.165) is 12.3 Å². The topological polar surface area (TPSA) is 143 Å². The standard InChI is InChI=1S/C12H10N2O7/c1-2-13-4-5(12(18)19)10(16)8-6(13)3-7(15)11(17)9(8)14(20)21/h3-4,15,17H,2H2,1H3,(H,18,19). The number of pyridine rings is 1. The molecule has 0 unspecified atom stereocenters. The quantitative estimate of drug-likeness (QED) is 0.436. The van der Waals surface area contributed by atoms with E-state index >= 15 is 0 Å². The Morgan fingerprint density at radius 2 is 2.05 bits per heavy atom. The summed E-state index contributed by atoms with van der Waals surface area (Å²) in [6, 6.07) is 0.980. The van der Waals surface area contributed by atoms with Gasteiger partial charge in [0.25, 0.3) is 0 Å². The van der Waals surface area contributed by atoms with E-state index in [1.54, 1.807) is 6.92 Å². The number of aromatic hydroxyl groups is 2. The number of aryl methyl sites for hydroxylation is 1. The number of rotatable bonds is 3. The first-order valence-corrected chi connectivity index (χ1v) is 5.79. The number of fused-ring (bicyclic) bond motifs is 1. The van der Waals surface area contributed by atoms with Gasteiger partial charge in [0.1, 0.15) is 10.9 Å². The number of aromatic nitrogens is 1. The predicted octanol–water partition coefficient (Wildman–Crippen LogP) is 1.04. The number of phenols is 2. The van der Waals surface area contributed by atoms with Crippen LogP contribution in [-0.2, 0) is 6.54 Å². The van der Waals surface area contributed by atoms with Crippen LogP contribution in [0.3, 0.4) is 0 Å². The molecule has 0 radical (unpaired) electrons. The van der Waals surface area contributed by atoms with Crippen molar-refractivity contribution < 1.29 is 25.0 Å². The zero-order chi connectivity index (χ0) is 15.9. The number of carboxylic acid groups (broad SMARTS) is 1. The summed E-state index contributed by atoms with van der Waals surface area (Å²) in [7, 11) is 0. The summed E-state index contributed by atoms with van der Waals surface area (Å²) in [5, 5.41) is 38.7. The van der Waals surface area contributed by atoms with Crippen LogP contribution in [0, 0.1) is 10.1 Å². The van der Waals surface area contributed by atoms with Gasteiger partial charge in [0.15, 0.2) is 5.75 Å². The first-order valence-electron chi connectivity index (χ1n) is 5.79. The molecule has 2 rings (SSSR count). The fourth-order valence-electron chi connectivity index (χ4n) is 2.09. The Kier molecular flexibility index (Phi) is 3.26. The third kappa shape index (κ3) is 2.04. The van der Waals surface area contributed by atoms with Gasteiger partial charge in [-0.3, -0.25) is 14.9 Å². The highest BCUT2D eigenvalue weighted by Gasteiger charge is 2.28. The summed E-state index contributed by atoms with van der Waals surface area (Å²) in [6.45, 7) is 1.84. The van der Waals surface area contributed by atoms with Gasteiger partial charge in [0, 0.05) is 18.8 Å². The van der Waals surface area contributed by atoms with Gasteiger partial charge in [0.05, 0.1) is 10.4 Å². The number of nitrogens with zero attached hydrogens (tertiary/aromatic N) is 2. The molecule has 21 heavy (non-hydrogen) atoms. The number of hydrogen-bond acceptors (Lipinski definition) is 6. The molecule has 0 saturated carbocycles. The Bertz CT molecular complexity index is 838. The van der Waals surface area contributed by atoms with Crippen LogP contribution < -0.4 is 5.43 Å². The summed E-state index contributed by atoms with van der Waals surface area (Å²) in [5.74, 6) is -3.38. The van der Waals surface area contributed by atoms with Crippen LogP contribution in [0.1, 0.15) is 17.3 Å². The SMILES string of the molecule is CCn1cc(C(=O)O)c(=O)c2c([N+](=O)[O-])c(O)c(O)cc21. The minimum absolute atomic E-state index is 0.0329. The normalized spacial score (nSPS) is 10.7. The molecule has 3 N–H and O–H groups in total. The largest absolute Gasteiger partial charge is 0.504 e. The summed E-state index contributed by atoms with van der Waals surface area (Å²) >= 11 is 0. The van der Waals surface area contributed by atoms with Crippen LogP contribution in [0.15, 0.2) is 17.1 Å². The van der Waals surface area contributed by atoms with Crippen LogP contribution in [0.4, 0.5) is 5.69 Å². The average molecular weight is 294 g/mol. The van der Waals surface area contributed by atoms with E-state index in [-0.39, 0.29) is 12.1 Å². The Morgan fingerprint density at radius 1 is 1.43 bits per heavy atom. The van der Waals surface area contributed by atoms with Crippen molar-refractivity contribution in [2.75, 3.05) is 0 Å². The van der Waals surface area contributed by atoms with Gasteiger partial charge in [0.2, 0.25) is 11.2 Å². The highest BCUT2D eigenvalue weighted by molar-refractivity contribution is 5.98. The Balaban J connectivity index is 3.17. The number of nitro groups is 1. The molecule has 1 aromatic carbocycles. The molecule has 1 heterocycles. The van der Waals surface area contributed by atoms with E-state index in [1.165, 1.54) is 4.57 Å². The number of benzene rings is 1. The number of carboxylic acids is 1. The number of aromatic carboxylic acids is 1. The van der Waals surface area contributed by atoms with Gasteiger partial charge in [-0.1, -0.05) is 0 Å². The van der Waals surface area contributed by atoms with Gasteiger partial charge in [-0.05, 0) is 6.92 Å². The third-order valence-electron chi connectivity index (χ3n) is 3.05. The predicted molar refractivity (Wildman–Crippen MR) is 70.8 cm³/mol. The maximum Gasteiger partial charge on any atom is 0.341 e. The number of hydrogen-bond donors (Lipinski definition) is 3. The van der Waals surface area contributed by atoms with Gasteiger partial charge in [-0.2, -0.15) is 0 Å². The molecule has 2 aromatic rings. The fourth-order valence-corrected chi connectivity index (χ4v) is 2.09. The molecule has 110 valence electrons. The molecule has 0 aliphatic rings. The second-order valence-electron chi connectivity index (χ2n) is 4.21. The van der Waals surface area contributed by atoms with Crippen LogP contribution in [0.5, 0.6) is 11.5 Å². The molecule has 0 fully saturated rings. The van der Waals surface area contributed by atoms with Crippen LogP contribution >= 0.6 is 0 Å². The molecular formula is C12H10N2O7. The third-order valence-corrected chi connectivity index (χ3v) is 3.05. The fraction of sp³-hybridized carbons (Fsp3) is 0.167. The summed E-state index contributed by atoms with van der Waals surface area (Å²) in [5.41, 5.74) is -2.79. The number of nitro benzene ring substituents is 1. The molecule has 9 nitrogen and oxygen atoms in total. The second-order valence-corrected chi connectivity index (χ2v) is 4.21. The number of phenolic OH excluding ortho intramolecular Hbond substituents is 2. The lowest BCUT2D eigenvalue weighted by Crippen LogP contribution is -2.19. The van der Waals surface area contributed by atoms with Crippen molar-refractivity contribution in [3.05, 3.63) is 38.2 Å². The first-order chi connectivity index (χ1) is 9.79. The van der Waals surface area contributed by atoms with Gasteiger partial charge in [-0.15, -0.1) is 0 Å². The summed E-state index contributed by atoms with van der Waals surface area (Å²) in [6.07, 6.45) is 1.03. The van der Waals surface area contributed by atoms with E-state index in [1.807, 2.05) is 0 Å². The highest BCUT2D eigenvalue weighted by atomic mass is 16.6. The monoisotopic (exact) mass is 294 g/mol. The Hall–Kier alpha value is -3.10. The molecule has 0 aliphatic heterocycles. The van der Waals surface area contributed by atoms with Gasteiger partial charge < -0.3 is 19.9 Å². The Labute approximate surface area is 116 Å².